The molecule has 3 heterocycles. The predicted molar refractivity (Wildman–Crippen MR) is 104 cm³/mol. The van der Waals surface area contributed by atoms with E-state index in [0.717, 1.165) is 41.5 Å². The number of alkyl halides is 3. The minimum absolute atomic E-state index is 0.191. The molecule has 1 aliphatic rings. The van der Waals surface area contributed by atoms with Gasteiger partial charge >= 0.3 is 171 Å². The molecule has 2 aromatic heterocycles. The number of nitrogens with zero attached hydrogens (tertiary/aromatic N) is 3. The summed E-state index contributed by atoms with van der Waals surface area (Å²) in [6.07, 6.45) is -0.325. The van der Waals surface area contributed by atoms with E-state index in [4.69, 9.17) is 4.74 Å². The fourth-order valence-corrected chi connectivity index (χ4v) is 5.86. The van der Waals surface area contributed by atoms with E-state index >= 15 is 0 Å². The number of hydrogen-bond donors (Lipinski definition) is 0. The Morgan fingerprint density at radius 3 is 2.66 bits per heavy atom. The quantitative estimate of drug-likeness (QED) is 0.558. The van der Waals surface area contributed by atoms with Crippen LogP contribution in [0.25, 0.3) is 22.0 Å². The third-order valence-corrected chi connectivity index (χ3v) is 7.78. The molecule has 29 heavy (non-hydrogen) atoms. The molecule has 151 valence electrons. The van der Waals surface area contributed by atoms with Crippen molar-refractivity contribution in [1.29, 1.82) is 0 Å². The Kier molecular flexibility index (Phi) is 5.49. The Bertz CT molecular complexity index is 1090. The van der Waals surface area contributed by atoms with E-state index in [2.05, 4.69) is 9.97 Å². The number of rotatable bonds is 4. The van der Waals surface area contributed by atoms with Gasteiger partial charge in [0.25, 0.3) is 0 Å². The summed E-state index contributed by atoms with van der Waals surface area (Å²) >= 11 is -0.347. The maximum atomic E-state index is 12.9. The molecule has 0 bridgehead atoms. The summed E-state index contributed by atoms with van der Waals surface area (Å²) in [6.45, 7) is 1.52. The van der Waals surface area contributed by atoms with Gasteiger partial charge in [0.1, 0.15) is 0 Å². The summed E-state index contributed by atoms with van der Waals surface area (Å²) in [5.41, 5.74) is 0.673. The number of aromatic nitrogens is 3. The van der Waals surface area contributed by atoms with E-state index in [-0.39, 0.29) is 21.3 Å². The van der Waals surface area contributed by atoms with Gasteiger partial charge in [-0.3, -0.25) is 0 Å². The molecule has 1 unspecified atom stereocenters. The Morgan fingerprint density at radius 2 is 2.00 bits per heavy atom. The van der Waals surface area contributed by atoms with E-state index in [1.807, 2.05) is 0 Å². The van der Waals surface area contributed by atoms with Crippen LogP contribution in [0.3, 0.4) is 0 Å². The fourth-order valence-electron chi connectivity index (χ4n) is 3.31. The zero-order chi connectivity index (χ0) is 20.6. The second-order valence-electron chi connectivity index (χ2n) is 7.03. The molecule has 1 radical (unpaired) electrons. The van der Waals surface area contributed by atoms with Crippen molar-refractivity contribution in [3.8, 4) is 11.1 Å². The molecule has 0 aliphatic carbocycles. The van der Waals surface area contributed by atoms with Gasteiger partial charge in [0.05, 0.1) is 0 Å². The van der Waals surface area contributed by atoms with Gasteiger partial charge in [-0.1, -0.05) is 0 Å². The van der Waals surface area contributed by atoms with Crippen LogP contribution in [-0.2, 0) is 18.0 Å². The number of ether oxygens (including phenoxy) is 1. The van der Waals surface area contributed by atoms with Gasteiger partial charge in [-0.2, -0.15) is 0 Å². The number of pyridine rings is 1. The topological polar surface area (TPSA) is 57.0 Å². The van der Waals surface area contributed by atoms with Crippen LogP contribution in [0, 0.1) is 5.92 Å². The molecule has 0 N–H and O–H groups in total. The van der Waals surface area contributed by atoms with Crippen LogP contribution in [0.5, 0.6) is 0 Å². The molecule has 1 aliphatic heterocycles. The van der Waals surface area contributed by atoms with Crippen LogP contribution in [0.15, 0.2) is 41.6 Å². The molecule has 4 rings (SSSR count). The zero-order valence-corrected chi connectivity index (χ0v) is 17.5. The molecule has 1 aromatic carbocycles. The minimum atomic E-state index is -4.40. The molecule has 1 fully saturated rings. The standard InChI is InChI=1S/C20H18AsF3N3O2/c1-27-11-26-17-15(13-2-4-14(5-3-13)20(22,23)24)9-25-18(16(17)19(27)28)21-8-12-6-7-29-10-12/h2-5,9,11-12H,6-8,10H2,1H3. The Hall–Kier alpha value is -2.18. The monoisotopic (exact) mass is 464 g/mol. The van der Waals surface area contributed by atoms with Crippen molar-refractivity contribution in [3.63, 3.8) is 0 Å². The Morgan fingerprint density at radius 1 is 1.24 bits per heavy atom. The molecule has 1 saturated heterocycles. The van der Waals surface area contributed by atoms with Crippen molar-refractivity contribution in [2.45, 2.75) is 17.8 Å². The van der Waals surface area contributed by atoms with Gasteiger partial charge in [0.15, 0.2) is 0 Å². The van der Waals surface area contributed by atoms with Gasteiger partial charge < -0.3 is 0 Å². The van der Waals surface area contributed by atoms with Crippen LogP contribution < -0.4 is 10.0 Å². The third-order valence-electron chi connectivity index (χ3n) is 4.97. The van der Waals surface area contributed by atoms with Gasteiger partial charge in [0, 0.05) is 0 Å². The van der Waals surface area contributed by atoms with Crippen LogP contribution in [0.4, 0.5) is 13.2 Å². The van der Waals surface area contributed by atoms with Crippen LogP contribution >= 0.6 is 0 Å². The summed E-state index contributed by atoms with van der Waals surface area (Å²) in [5.74, 6) is 0.488. The third kappa shape index (κ3) is 4.09. The first kappa shape index (κ1) is 20.1. The van der Waals surface area contributed by atoms with Crippen LogP contribution in [0.2, 0.25) is 5.21 Å². The van der Waals surface area contributed by atoms with Crippen LogP contribution in [-0.4, -0.2) is 43.5 Å². The van der Waals surface area contributed by atoms with Crippen molar-refractivity contribution in [2.75, 3.05) is 13.2 Å². The molecular formula is C20H18AsF3N3O2. The summed E-state index contributed by atoms with van der Waals surface area (Å²) in [5, 5.41) is 1.42. The molecule has 3 aromatic rings. The first-order valence-corrected chi connectivity index (χ1v) is 11.4. The normalized spacial score (nSPS) is 17.6. The number of benzene rings is 1. The van der Waals surface area contributed by atoms with Gasteiger partial charge in [-0.05, 0) is 0 Å². The second kappa shape index (κ2) is 7.92. The number of halogens is 3. The first-order valence-electron chi connectivity index (χ1n) is 9.12. The van der Waals surface area contributed by atoms with E-state index < -0.39 is 11.7 Å². The van der Waals surface area contributed by atoms with Gasteiger partial charge in [-0.15, -0.1) is 0 Å². The maximum absolute atomic E-state index is 12.9. The molecule has 5 nitrogen and oxygen atoms in total. The average molecular weight is 464 g/mol. The number of aryl methyl sites for hydroxylation is 1. The van der Waals surface area contributed by atoms with E-state index in [0.29, 0.717) is 27.9 Å². The molecular weight excluding hydrogens is 446 g/mol. The molecule has 0 spiro atoms. The van der Waals surface area contributed by atoms with Crippen LogP contribution in [0.1, 0.15) is 12.0 Å². The molecule has 0 amide bonds. The van der Waals surface area contributed by atoms with Crippen molar-refractivity contribution in [3.05, 3.63) is 52.7 Å². The zero-order valence-electron chi connectivity index (χ0n) is 15.6. The fraction of sp³-hybridized carbons (Fsp3) is 0.350. The summed E-state index contributed by atoms with van der Waals surface area (Å²) in [7, 11) is 1.63. The predicted octanol–water partition coefficient (Wildman–Crippen LogP) is 2.80. The Balaban J connectivity index is 1.77. The Labute approximate surface area is 171 Å². The van der Waals surface area contributed by atoms with E-state index in [9.17, 15) is 18.0 Å². The van der Waals surface area contributed by atoms with E-state index in [1.54, 1.807) is 13.2 Å². The molecule has 0 saturated carbocycles. The molecule has 9 heteroatoms. The van der Waals surface area contributed by atoms with E-state index in [1.165, 1.54) is 23.0 Å². The number of fused-ring (bicyclic) bond motifs is 1. The number of hydrogen-bond acceptors (Lipinski definition) is 4. The first-order chi connectivity index (χ1) is 13.8. The molecule has 1 atom stereocenters. The van der Waals surface area contributed by atoms with Crippen molar-refractivity contribution >= 4 is 31.1 Å². The van der Waals surface area contributed by atoms with Crippen molar-refractivity contribution in [2.24, 2.45) is 13.0 Å². The SMILES string of the molecule is Cn1cnc2c(-c3ccc(C(F)(F)F)cc3)cnc([As]CC3CCOC3)c2c1=O. The second-order valence-corrected chi connectivity index (χ2v) is 9.34. The van der Waals surface area contributed by atoms with Crippen molar-refractivity contribution in [1.82, 2.24) is 14.5 Å². The summed E-state index contributed by atoms with van der Waals surface area (Å²) in [6, 6.07) is 4.84. The average Bonchev–Trinajstić information content (AvgIpc) is 3.22. The van der Waals surface area contributed by atoms with Gasteiger partial charge in [-0.25, -0.2) is 0 Å². The summed E-state index contributed by atoms with van der Waals surface area (Å²) < 4.78 is 46.2. The van der Waals surface area contributed by atoms with Crippen molar-refractivity contribution < 1.29 is 17.9 Å². The van der Waals surface area contributed by atoms with Gasteiger partial charge in [0.2, 0.25) is 0 Å². The summed E-state index contributed by atoms with van der Waals surface area (Å²) in [4.78, 5) is 21.8.